The van der Waals surface area contributed by atoms with Crippen molar-refractivity contribution in [1.82, 2.24) is 15.3 Å². The normalized spacial score (nSPS) is 22.9. The van der Waals surface area contributed by atoms with Crippen LogP contribution in [0.4, 0.5) is 19.1 Å². The van der Waals surface area contributed by atoms with E-state index in [1.165, 1.54) is 0 Å². The molecule has 0 aliphatic carbocycles. The van der Waals surface area contributed by atoms with Crippen LogP contribution in [0.15, 0.2) is 6.07 Å². The summed E-state index contributed by atoms with van der Waals surface area (Å²) in [4.78, 5) is 19.9. The molecule has 1 aliphatic rings. The van der Waals surface area contributed by atoms with E-state index in [1.807, 2.05) is 0 Å². The minimum Gasteiger partial charge on any atom is -0.315 e. The number of amides is 1. The molecule has 0 bridgehead atoms. The Bertz CT molecular complexity index is 504. The average Bonchev–Trinajstić information content (AvgIpc) is 2.76. The predicted molar refractivity (Wildman–Crippen MR) is 66.1 cm³/mol. The van der Waals surface area contributed by atoms with Crippen molar-refractivity contribution >= 4 is 11.9 Å². The van der Waals surface area contributed by atoms with Gasteiger partial charge in [-0.1, -0.05) is 0 Å². The van der Waals surface area contributed by atoms with Crippen LogP contribution in [0.25, 0.3) is 0 Å². The fourth-order valence-electron chi connectivity index (χ4n) is 2.26. The minimum atomic E-state index is -4.61. The van der Waals surface area contributed by atoms with E-state index in [0.29, 0.717) is 11.4 Å². The molecule has 1 amide bonds. The van der Waals surface area contributed by atoms with E-state index in [0.717, 1.165) is 0 Å². The van der Waals surface area contributed by atoms with Gasteiger partial charge in [0.15, 0.2) is 5.41 Å². The highest BCUT2D eigenvalue weighted by molar-refractivity contribution is 5.95. The van der Waals surface area contributed by atoms with Crippen LogP contribution in [0.5, 0.6) is 0 Å². The van der Waals surface area contributed by atoms with Crippen LogP contribution in [0, 0.1) is 19.3 Å². The van der Waals surface area contributed by atoms with Crippen LogP contribution in [0.1, 0.15) is 17.8 Å². The molecule has 0 radical (unpaired) electrons. The molecule has 2 heterocycles. The molecule has 5 nitrogen and oxygen atoms in total. The maximum atomic E-state index is 13.2. The van der Waals surface area contributed by atoms with Gasteiger partial charge in [-0.05, 0) is 32.9 Å². The fraction of sp³-hybridized carbons (Fsp3) is 0.583. The summed E-state index contributed by atoms with van der Waals surface area (Å²) in [6.45, 7) is 3.09. The van der Waals surface area contributed by atoms with Crippen molar-refractivity contribution in [3.8, 4) is 0 Å². The van der Waals surface area contributed by atoms with E-state index < -0.39 is 24.0 Å². The van der Waals surface area contributed by atoms with Crippen LogP contribution < -0.4 is 10.6 Å². The molecular formula is C12H15F3N4O. The summed E-state index contributed by atoms with van der Waals surface area (Å²) >= 11 is 0. The van der Waals surface area contributed by atoms with Gasteiger partial charge in [0.2, 0.25) is 11.9 Å². The van der Waals surface area contributed by atoms with Gasteiger partial charge in [-0.3, -0.25) is 10.1 Å². The van der Waals surface area contributed by atoms with E-state index in [1.54, 1.807) is 19.9 Å². The van der Waals surface area contributed by atoms with Crippen molar-refractivity contribution in [1.29, 1.82) is 0 Å². The molecule has 1 atom stereocenters. The molecule has 1 aliphatic heterocycles. The maximum absolute atomic E-state index is 13.2. The first kappa shape index (κ1) is 14.7. The lowest BCUT2D eigenvalue weighted by Gasteiger charge is -2.28. The average molecular weight is 288 g/mol. The quantitative estimate of drug-likeness (QED) is 0.867. The maximum Gasteiger partial charge on any atom is 0.404 e. The topological polar surface area (TPSA) is 66.9 Å². The lowest BCUT2D eigenvalue weighted by Crippen LogP contribution is -2.49. The van der Waals surface area contributed by atoms with Gasteiger partial charge in [0.05, 0.1) is 0 Å². The molecule has 8 heteroatoms. The largest absolute Gasteiger partial charge is 0.404 e. The molecule has 1 unspecified atom stereocenters. The lowest BCUT2D eigenvalue weighted by molar-refractivity contribution is -0.213. The molecule has 110 valence electrons. The van der Waals surface area contributed by atoms with E-state index >= 15 is 0 Å². The van der Waals surface area contributed by atoms with Gasteiger partial charge >= 0.3 is 6.18 Å². The molecule has 0 spiro atoms. The summed E-state index contributed by atoms with van der Waals surface area (Å²) < 4.78 is 39.6. The second kappa shape index (κ2) is 5.01. The van der Waals surface area contributed by atoms with Gasteiger partial charge in [0, 0.05) is 17.9 Å². The molecule has 1 aromatic rings. The van der Waals surface area contributed by atoms with Gasteiger partial charge in [-0.2, -0.15) is 13.2 Å². The lowest BCUT2D eigenvalue weighted by atomic mass is 9.85. The van der Waals surface area contributed by atoms with Gasteiger partial charge in [0.25, 0.3) is 0 Å². The molecular weight excluding hydrogens is 273 g/mol. The summed E-state index contributed by atoms with van der Waals surface area (Å²) in [5.41, 5.74) is -1.25. The number of rotatable bonds is 2. The third kappa shape index (κ3) is 2.60. The van der Waals surface area contributed by atoms with Crippen LogP contribution >= 0.6 is 0 Å². The SMILES string of the molecule is Cc1cc(C)nc(NC(=O)C2(C(F)(F)F)CCNC2)n1. The monoisotopic (exact) mass is 288 g/mol. The number of aryl methyl sites for hydroxylation is 2. The number of nitrogens with zero attached hydrogens (tertiary/aromatic N) is 2. The van der Waals surface area contributed by atoms with E-state index in [-0.39, 0.29) is 18.9 Å². The van der Waals surface area contributed by atoms with E-state index in [9.17, 15) is 18.0 Å². The number of nitrogens with one attached hydrogen (secondary N) is 2. The zero-order valence-electron chi connectivity index (χ0n) is 11.1. The van der Waals surface area contributed by atoms with E-state index in [4.69, 9.17) is 0 Å². The molecule has 0 aromatic carbocycles. The Hall–Kier alpha value is -1.70. The number of aromatic nitrogens is 2. The molecule has 0 saturated carbocycles. The summed E-state index contributed by atoms with van der Waals surface area (Å²) in [6, 6.07) is 1.67. The number of carbonyl (C=O) groups is 1. The Morgan fingerprint density at radius 2 is 1.95 bits per heavy atom. The molecule has 2 rings (SSSR count). The molecule has 1 saturated heterocycles. The van der Waals surface area contributed by atoms with Crippen LogP contribution in [0.2, 0.25) is 0 Å². The standard InChI is InChI=1S/C12H15F3N4O/c1-7-5-8(2)18-10(17-7)19-9(20)11(12(13,14)15)3-4-16-6-11/h5,16H,3-4,6H2,1-2H3,(H,17,18,19,20). The number of halogens is 3. The Morgan fingerprint density at radius 3 is 2.40 bits per heavy atom. The van der Waals surface area contributed by atoms with Crippen molar-refractivity contribution in [2.45, 2.75) is 26.4 Å². The Kier molecular flexibility index (Phi) is 3.68. The highest BCUT2D eigenvalue weighted by atomic mass is 19.4. The van der Waals surface area contributed by atoms with Crippen molar-refractivity contribution < 1.29 is 18.0 Å². The number of hydrogen-bond donors (Lipinski definition) is 2. The van der Waals surface area contributed by atoms with Crippen LogP contribution in [0.3, 0.4) is 0 Å². The second-order valence-corrected chi connectivity index (χ2v) is 4.94. The van der Waals surface area contributed by atoms with E-state index in [2.05, 4.69) is 20.6 Å². The first-order valence-electron chi connectivity index (χ1n) is 6.16. The van der Waals surface area contributed by atoms with Crippen molar-refractivity contribution in [2.24, 2.45) is 5.41 Å². The summed E-state index contributed by atoms with van der Waals surface area (Å²) in [7, 11) is 0. The number of carbonyl (C=O) groups excluding carboxylic acids is 1. The van der Waals surface area contributed by atoms with Gasteiger partial charge in [-0.15, -0.1) is 0 Å². The summed E-state index contributed by atoms with van der Waals surface area (Å²) in [5.74, 6) is -1.21. The summed E-state index contributed by atoms with van der Waals surface area (Å²) in [5, 5.41) is 4.78. The highest BCUT2D eigenvalue weighted by Gasteiger charge is 2.61. The smallest absolute Gasteiger partial charge is 0.315 e. The number of anilines is 1. The first-order valence-corrected chi connectivity index (χ1v) is 6.16. The zero-order chi connectivity index (χ0) is 15.0. The van der Waals surface area contributed by atoms with Gasteiger partial charge < -0.3 is 5.32 Å². The third-order valence-corrected chi connectivity index (χ3v) is 3.34. The van der Waals surface area contributed by atoms with Crippen molar-refractivity contribution in [3.05, 3.63) is 17.5 Å². The van der Waals surface area contributed by atoms with Crippen molar-refractivity contribution in [2.75, 3.05) is 18.4 Å². The molecule has 20 heavy (non-hydrogen) atoms. The predicted octanol–water partition coefficient (Wildman–Crippen LogP) is 1.57. The number of hydrogen-bond acceptors (Lipinski definition) is 4. The first-order chi connectivity index (χ1) is 9.24. The molecule has 2 N–H and O–H groups in total. The molecule has 1 fully saturated rings. The molecule has 1 aromatic heterocycles. The minimum absolute atomic E-state index is 0.0944. The van der Waals surface area contributed by atoms with Gasteiger partial charge in [0.1, 0.15) is 0 Å². The third-order valence-electron chi connectivity index (χ3n) is 3.34. The Labute approximate surface area is 114 Å². The van der Waals surface area contributed by atoms with Crippen LogP contribution in [-0.4, -0.2) is 35.1 Å². The fourth-order valence-corrected chi connectivity index (χ4v) is 2.26. The Morgan fingerprint density at radius 1 is 1.35 bits per heavy atom. The Balaban J connectivity index is 2.26. The van der Waals surface area contributed by atoms with Gasteiger partial charge in [-0.25, -0.2) is 9.97 Å². The summed E-state index contributed by atoms with van der Waals surface area (Å²) in [6.07, 6.45) is -4.90. The van der Waals surface area contributed by atoms with Crippen molar-refractivity contribution in [3.63, 3.8) is 0 Å². The zero-order valence-corrected chi connectivity index (χ0v) is 11.1. The second-order valence-electron chi connectivity index (χ2n) is 4.94. The highest BCUT2D eigenvalue weighted by Crippen LogP contribution is 2.43. The van der Waals surface area contributed by atoms with Crippen LogP contribution in [-0.2, 0) is 4.79 Å². The number of alkyl halides is 3.